The molecule has 0 aliphatic carbocycles. The van der Waals surface area contributed by atoms with Crippen molar-refractivity contribution in [2.24, 2.45) is 0 Å². The third-order valence-electron chi connectivity index (χ3n) is 1.64. The monoisotopic (exact) mass is 200 g/mol. The molecule has 0 amide bonds. The summed E-state index contributed by atoms with van der Waals surface area (Å²) in [6.07, 6.45) is 0.709. The Labute approximate surface area is 82.5 Å². The third-order valence-corrected chi connectivity index (χ3v) is 1.96. The van der Waals surface area contributed by atoms with Crippen molar-refractivity contribution in [3.63, 3.8) is 0 Å². The zero-order valence-corrected chi connectivity index (χ0v) is 8.01. The number of nitrogens with one attached hydrogen (secondary N) is 1. The van der Waals surface area contributed by atoms with Gasteiger partial charge in [-0.1, -0.05) is 11.6 Å². The second kappa shape index (κ2) is 4.94. The van der Waals surface area contributed by atoms with Gasteiger partial charge in [-0.15, -0.1) is 0 Å². The van der Waals surface area contributed by atoms with Crippen LogP contribution in [0.1, 0.15) is 6.42 Å². The van der Waals surface area contributed by atoms with Crippen LogP contribution in [0.2, 0.25) is 5.02 Å². The van der Waals surface area contributed by atoms with Crippen LogP contribution in [-0.2, 0) is 0 Å². The summed E-state index contributed by atoms with van der Waals surface area (Å²) in [5.74, 6) is 0. The highest BCUT2D eigenvalue weighted by molar-refractivity contribution is 6.33. The van der Waals surface area contributed by atoms with Crippen molar-refractivity contribution in [3.05, 3.63) is 23.2 Å². The van der Waals surface area contributed by atoms with Crippen LogP contribution < -0.4 is 11.1 Å². The van der Waals surface area contributed by atoms with Gasteiger partial charge in [0.2, 0.25) is 0 Å². The van der Waals surface area contributed by atoms with Crippen LogP contribution in [0.3, 0.4) is 0 Å². The van der Waals surface area contributed by atoms with Gasteiger partial charge in [0.15, 0.2) is 0 Å². The lowest BCUT2D eigenvalue weighted by Crippen LogP contribution is -2.03. The molecule has 0 heterocycles. The largest absolute Gasteiger partial charge is 0.399 e. The second-order valence-corrected chi connectivity index (χ2v) is 3.15. The minimum atomic E-state index is 0.180. The molecule has 0 unspecified atom stereocenters. The van der Waals surface area contributed by atoms with E-state index in [1.165, 1.54) is 0 Å². The molecule has 72 valence electrons. The molecule has 4 heteroatoms. The number of nitrogen functional groups attached to an aromatic ring is 1. The molecule has 1 aromatic carbocycles. The van der Waals surface area contributed by atoms with Gasteiger partial charge in [0.05, 0.1) is 10.7 Å². The van der Waals surface area contributed by atoms with Crippen molar-refractivity contribution >= 4 is 23.0 Å². The van der Waals surface area contributed by atoms with Crippen LogP contribution in [-0.4, -0.2) is 18.3 Å². The number of nitrogens with two attached hydrogens (primary N) is 1. The van der Waals surface area contributed by atoms with Crippen LogP contribution in [0.15, 0.2) is 18.2 Å². The third kappa shape index (κ3) is 3.13. The first-order valence-electron chi connectivity index (χ1n) is 4.14. The number of aliphatic hydroxyl groups excluding tert-OH is 1. The van der Waals surface area contributed by atoms with Gasteiger partial charge in [0, 0.05) is 18.8 Å². The number of rotatable bonds is 4. The molecule has 4 N–H and O–H groups in total. The Kier molecular flexibility index (Phi) is 3.86. The average molecular weight is 201 g/mol. The van der Waals surface area contributed by atoms with E-state index in [0.717, 1.165) is 5.69 Å². The fourth-order valence-electron chi connectivity index (χ4n) is 0.977. The van der Waals surface area contributed by atoms with Crippen LogP contribution in [0.4, 0.5) is 11.4 Å². The van der Waals surface area contributed by atoms with E-state index in [4.69, 9.17) is 22.4 Å². The summed E-state index contributed by atoms with van der Waals surface area (Å²) < 4.78 is 0. The first-order chi connectivity index (χ1) is 6.24. The van der Waals surface area contributed by atoms with Gasteiger partial charge < -0.3 is 16.2 Å². The van der Waals surface area contributed by atoms with Crippen LogP contribution in [0, 0.1) is 0 Å². The summed E-state index contributed by atoms with van der Waals surface area (Å²) in [7, 11) is 0. The first kappa shape index (κ1) is 10.2. The minimum absolute atomic E-state index is 0.180. The normalized spacial score (nSPS) is 10.0. The molecule has 0 bridgehead atoms. The quantitative estimate of drug-likeness (QED) is 0.513. The van der Waals surface area contributed by atoms with E-state index in [2.05, 4.69) is 5.32 Å². The number of hydrogen-bond acceptors (Lipinski definition) is 3. The summed E-state index contributed by atoms with van der Waals surface area (Å²) in [5.41, 5.74) is 7.03. The van der Waals surface area contributed by atoms with Crippen LogP contribution in [0.5, 0.6) is 0 Å². The van der Waals surface area contributed by atoms with Crippen molar-refractivity contribution < 1.29 is 5.11 Å². The molecule has 1 aromatic rings. The molecule has 0 spiro atoms. The number of halogens is 1. The molecule has 0 aromatic heterocycles. The van der Waals surface area contributed by atoms with E-state index >= 15 is 0 Å². The van der Waals surface area contributed by atoms with Gasteiger partial charge in [-0.3, -0.25) is 0 Å². The Balaban J connectivity index is 2.56. The summed E-state index contributed by atoms with van der Waals surface area (Å²) in [4.78, 5) is 0. The van der Waals surface area contributed by atoms with Crippen molar-refractivity contribution in [1.29, 1.82) is 0 Å². The molecule has 3 nitrogen and oxygen atoms in total. The maximum atomic E-state index is 8.56. The second-order valence-electron chi connectivity index (χ2n) is 2.74. The highest BCUT2D eigenvalue weighted by atomic mass is 35.5. The van der Waals surface area contributed by atoms with E-state index in [1.54, 1.807) is 12.1 Å². The van der Waals surface area contributed by atoms with Gasteiger partial charge in [0.1, 0.15) is 0 Å². The number of aliphatic hydroxyl groups is 1. The predicted molar refractivity (Wildman–Crippen MR) is 56.1 cm³/mol. The van der Waals surface area contributed by atoms with E-state index < -0.39 is 0 Å². The van der Waals surface area contributed by atoms with Gasteiger partial charge in [-0.2, -0.15) is 0 Å². The molecule has 0 saturated heterocycles. The van der Waals surface area contributed by atoms with Gasteiger partial charge in [-0.25, -0.2) is 0 Å². The smallest absolute Gasteiger partial charge is 0.0657 e. The molecule has 0 aliphatic rings. The number of benzene rings is 1. The zero-order valence-electron chi connectivity index (χ0n) is 7.26. The topological polar surface area (TPSA) is 58.3 Å². The fraction of sp³-hybridized carbons (Fsp3) is 0.333. The molecule has 13 heavy (non-hydrogen) atoms. The molecule has 0 aliphatic heterocycles. The maximum absolute atomic E-state index is 8.56. The molecular formula is C9H13ClN2O. The van der Waals surface area contributed by atoms with Crippen LogP contribution >= 0.6 is 11.6 Å². The molecule has 0 radical (unpaired) electrons. The first-order valence-corrected chi connectivity index (χ1v) is 4.51. The Morgan fingerprint density at radius 1 is 1.46 bits per heavy atom. The Bertz CT molecular complexity index is 278. The molecule has 0 atom stereocenters. The van der Waals surface area contributed by atoms with Crippen LogP contribution in [0.25, 0.3) is 0 Å². The molecule has 0 saturated carbocycles. The highest BCUT2D eigenvalue weighted by Gasteiger charge is 1.98. The van der Waals surface area contributed by atoms with Crippen molar-refractivity contribution in [2.45, 2.75) is 6.42 Å². The van der Waals surface area contributed by atoms with Crippen molar-refractivity contribution in [2.75, 3.05) is 24.2 Å². The molecule has 0 fully saturated rings. The van der Waals surface area contributed by atoms with Crippen molar-refractivity contribution in [1.82, 2.24) is 0 Å². The highest BCUT2D eigenvalue weighted by Crippen LogP contribution is 2.23. The SMILES string of the molecule is Nc1ccc(NCCCO)c(Cl)c1. The lowest BCUT2D eigenvalue weighted by Gasteiger charge is -2.07. The van der Waals surface area contributed by atoms with E-state index in [1.807, 2.05) is 6.07 Å². The molecular weight excluding hydrogens is 188 g/mol. The minimum Gasteiger partial charge on any atom is -0.399 e. The fourth-order valence-corrected chi connectivity index (χ4v) is 1.23. The Morgan fingerprint density at radius 3 is 2.85 bits per heavy atom. The van der Waals surface area contributed by atoms with E-state index in [-0.39, 0.29) is 6.61 Å². The summed E-state index contributed by atoms with van der Waals surface area (Å²) in [6.45, 7) is 0.889. The van der Waals surface area contributed by atoms with E-state index in [0.29, 0.717) is 23.7 Å². The lowest BCUT2D eigenvalue weighted by molar-refractivity contribution is 0.292. The number of anilines is 2. The molecule has 1 rings (SSSR count). The Hall–Kier alpha value is -0.930. The van der Waals surface area contributed by atoms with Gasteiger partial charge >= 0.3 is 0 Å². The summed E-state index contributed by atoms with van der Waals surface area (Å²) >= 11 is 5.90. The standard InChI is InChI=1S/C9H13ClN2O/c10-8-6-7(11)2-3-9(8)12-4-1-5-13/h2-3,6,12-13H,1,4-5,11H2. The Morgan fingerprint density at radius 2 is 2.23 bits per heavy atom. The zero-order chi connectivity index (χ0) is 9.68. The van der Waals surface area contributed by atoms with Gasteiger partial charge in [0.25, 0.3) is 0 Å². The summed E-state index contributed by atoms with van der Waals surface area (Å²) in [6, 6.07) is 5.31. The lowest BCUT2D eigenvalue weighted by atomic mass is 10.3. The van der Waals surface area contributed by atoms with Crippen molar-refractivity contribution in [3.8, 4) is 0 Å². The average Bonchev–Trinajstić information content (AvgIpc) is 2.09. The summed E-state index contributed by atoms with van der Waals surface area (Å²) in [5, 5.41) is 12.3. The maximum Gasteiger partial charge on any atom is 0.0657 e. The predicted octanol–water partition coefficient (Wildman–Crippen LogP) is 1.72. The van der Waals surface area contributed by atoms with Gasteiger partial charge in [-0.05, 0) is 24.6 Å². The van der Waals surface area contributed by atoms with E-state index in [9.17, 15) is 0 Å². The number of hydrogen-bond donors (Lipinski definition) is 3.